The van der Waals surface area contributed by atoms with Gasteiger partial charge in [-0.3, -0.25) is 15.0 Å². The van der Waals surface area contributed by atoms with Crippen molar-refractivity contribution in [2.24, 2.45) is 5.11 Å². The van der Waals surface area contributed by atoms with Crippen molar-refractivity contribution < 1.29 is 24.2 Å². The van der Waals surface area contributed by atoms with E-state index in [0.29, 0.717) is 0 Å². The molecule has 128 valence electrons. The van der Waals surface area contributed by atoms with Crippen LogP contribution in [0.1, 0.15) is 20.3 Å². The van der Waals surface area contributed by atoms with Crippen LogP contribution in [0.2, 0.25) is 0 Å². The molecule has 2 fully saturated rings. The van der Waals surface area contributed by atoms with Crippen LogP contribution in [0.3, 0.4) is 0 Å². The molecule has 0 aromatic rings. The average Bonchev–Trinajstić information content (AvgIpc) is 2.88. The maximum absolute atomic E-state index is 12.3. The normalized spacial score (nSPS) is 37.5. The summed E-state index contributed by atoms with van der Waals surface area (Å²) in [6.07, 6.45) is -2.21. The maximum Gasteiger partial charge on any atom is 0.328 e. The molecule has 2 rings (SSSR count). The maximum atomic E-state index is 12.3. The van der Waals surface area contributed by atoms with Crippen molar-refractivity contribution in [3.8, 4) is 0 Å². The van der Waals surface area contributed by atoms with E-state index in [0.717, 1.165) is 0 Å². The highest BCUT2D eigenvalue weighted by Gasteiger charge is 2.54. The number of carbonyl (C=O) groups excluding carboxylic acids is 2. The quantitative estimate of drug-likeness (QED) is 0.309. The fraction of sp³-hybridized carbons (Fsp3) is 0.833. The Morgan fingerprint density at radius 3 is 2.91 bits per heavy atom. The van der Waals surface area contributed by atoms with E-state index in [2.05, 4.69) is 31.3 Å². The van der Waals surface area contributed by atoms with Crippen molar-refractivity contribution >= 4 is 27.9 Å². The van der Waals surface area contributed by atoms with Crippen molar-refractivity contribution in [3.63, 3.8) is 0 Å². The number of nitrogens with zero attached hydrogens (tertiary/aromatic N) is 4. The molecule has 0 aromatic carbocycles. The number of azide groups is 1. The van der Waals surface area contributed by atoms with Gasteiger partial charge < -0.3 is 14.6 Å². The molecule has 23 heavy (non-hydrogen) atoms. The number of alkyl halides is 1. The Kier molecular flexibility index (Phi) is 5.48. The molecule has 3 unspecified atom stereocenters. The lowest BCUT2D eigenvalue weighted by Gasteiger charge is -2.45. The monoisotopic (exact) mass is 391 g/mol. The van der Waals surface area contributed by atoms with Gasteiger partial charge in [-0.1, -0.05) is 21.0 Å². The van der Waals surface area contributed by atoms with Crippen molar-refractivity contribution in [1.82, 2.24) is 10.2 Å². The molecular formula is C12H18BrN5O5. The molecule has 0 radical (unpaired) electrons. The number of carbonyl (C=O) groups is 2. The Hall–Kier alpha value is -1.39. The first-order valence-electron chi connectivity index (χ1n) is 7.11. The number of hydrogen-bond donors (Lipinski definition) is 2. The molecule has 2 N–H and O–H groups in total. The number of amides is 3. The number of aliphatic hydroxyl groups is 1. The van der Waals surface area contributed by atoms with E-state index in [1.54, 1.807) is 13.8 Å². The summed E-state index contributed by atoms with van der Waals surface area (Å²) in [5, 5.41) is 15.2. The Morgan fingerprint density at radius 1 is 1.65 bits per heavy atom. The Balaban J connectivity index is 2.29. The summed E-state index contributed by atoms with van der Waals surface area (Å²) in [6, 6.07) is -1.27. The molecule has 0 aliphatic carbocycles. The minimum atomic E-state index is -1.16. The second-order valence-electron chi connectivity index (χ2n) is 5.37. The topological polar surface area (TPSA) is 137 Å². The number of aliphatic hydroxyl groups excluding tert-OH is 1. The molecule has 5 atom stereocenters. The summed E-state index contributed by atoms with van der Waals surface area (Å²) in [5.74, 6) is -0.513. The van der Waals surface area contributed by atoms with E-state index in [-0.39, 0.29) is 19.6 Å². The van der Waals surface area contributed by atoms with Crippen LogP contribution in [0.4, 0.5) is 4.79 Å². The number of halogens is 1. The Morgan fingerprint density at radius 2 is 2.35 bits per heavy atom. The van der Waals surface area contributed by atoms with Gasteiger partial charge in [0.25, 0.3) is 0 Å². The van der Waals surface area contributed by atoms with Gasteiger partial charge in [0.2, 0.25) is 5.91 Å². The van der Waals surface area contributed by atoms with Crippen LogP contribution >= 0.6 is 15.9 Å². The SMILES string of the molecule is CCO[C@@H]1N(C2CC(N=[N+]=[N-])C(CO)O2)C(=O)NC(=O)[C@@]1(C)Br. The number of ether oxygens (including phenoxy) is 2. The van der Waals surface area contributed by atoms with Crippen molar-refractivity contribution in [2.75, 3.05) is 13.2 Å². The first-order chi connectivity index (χ1) is 10.9. The summed E-state index contributed by atoms with van der Waals surface area (Å²) in [6.45, 7) is 3.26. The molecule has 11 heteroatoms. The molecule has 3 amide bonds. The fourth-order valence-corrected chi connectivity index (χ4v) is 3.13. The summed E-state index contributed by atoms with van der Waals surface area (Å²) in [5.41, 5.74) is 8.59. The van der Waals surface area contributed by atoms with Crippen LogP contribution in [-0.4, -0.2) is 64.1 Å². The zero-order valence-corrected chi connectivity index (χ0v) is 14.3. The van der Waals surface area contributed by atoms with E-state index >= 15 is 0 Å². The number of urea groups is 1. The van der Waals surface area contributed by atoms with Gasteiger partial charge in [-0.05, 0) is 19.4 Å². The van der Waals surface area contributed by atoms with Crippen LogP contribution in [-0.2, 0) is 14.3 Å². The van der Waals surface area contributed by atoms with Gasteiger partial charge >= 0.3 is 6.03 Å². The molecular weight excluding hydrogens is 374 g/mol. The van der Waals surface area contributed by atoms with E-state index < -0.39 is 40.9 Å². The van der Waals surface area contributed by atoms with Gasteiger partial charge in [-0.15, -0.1) is 0 Å². The zero-order valence-electron chi connectivity index (χ0n) is 12.7. The van der Waals surface area contributed by atoms with Crippen molar-refractivity contribution in [3.05, 3.63) is 10.4 Å². The summed E-state index contributed by atoms with van der Waals surface area (Å²) in [7, 11) is 0. The third-order valence-corrected chi connectivity index (χ3v) is 4.59. The number of imide groups is 1. The van der Waals surface area contributed by atoms with Gasteiger partial charge in [0.15, 0.2) is 6.23 Å². The van der Waals surface area contributed by atoms with Gasteiger partial charge in [-0.25, -0.2) is 4.79 Å². The largest absolute Gasteiger partial charge is 0.394 e. The average molecular weight is 392 g/mol. The smallest absolute Gasteiger partial charge is 0.328 e. The highest BCUT2D eigenvalue weighted by molar-refractivity contribution is 9.10. The van der Waals surface area contributed by atoms with Crippen LogP contribution in [0, 0.1) is 0 Å². The highest BCUT2D eigenvalue weighted by Crippen LogP contribution is 2.36. The zero-order chi connectivity index (χ0) is 17.2. The van der Waals surface area contributed by atoms with E-state index in [1.807, 2.05) is 0 Å². The van der Waals surface area contributed by atoms with Gasteiger partial charge in [0.05, 0.1) is 18.8 Å². The minimum Gasteiger partial charge on any atom is -0.394 e. The van der Waals surface area contributed by atoms with Crippen molar-refractivity contribution in [1.29, 1.82) is 0 Å². The predicted molar refractivity (Wildman–Crippen MR) is 81.4 cm³/mol. The van der Waals surface area contributed by atoms with Crippen molar-refractivity contribution in [2.45, 2.75) is 49.2 Å². The third-order valence-electron chi connectivity index (χ3n) is 3.83. The van der Waals surface area contributed by atoms with Gasteiger partial charge in [-0.2, -0.15) is 0 Å². The molecule has 0 aromatic heterocycles. The van der Waals surface area contributed by atoms with E-state index in [1.165, 1.54) is 4.90 Å². The highest BCUT2D eigenvalue weighted by atomic mass is 79.9. The number of hydrogen-bond acceptors (Lipinski definition) is 6. The molecule has 2 aliphatic rings. The third kappa shape index (κ3) is 3.29. The van der Waals surface area contributed by atoms with Crippen LogP contribution in [0.25, 0.3) is 10.4 Å². The molecule has 2 aliphatic heterocycles. The summed E-state index contributed by atoms with van der Waals surface area (Å²) >= 11 is 3.30. The molecule has 0 spiro atoms. The molecule has 2 heterocycles. The molecule has 0 saturated carbocycles. The first-order valence-corrected chi connectivity index (χ1v) is 7.90. The molecule has 10 nitrogen and oxygen atoms in total. The lowest BCUT2D eigenvalue weighted by molar-refractivity contribution is -0.158. The Labute approximate surface area is 140 Å². The molecule has 0 bridgehead atoms. The van der Waals surface area contributed by atoms with Gasteiger partial charge in [0.1, 0.15) is 10.6 Å². The lowest BCUT2D eigenvalue weighted by Crippen LogP contribution is -2.69. The standard InChI is InChI=1S/C12H18BrN5O5/c1-3-22-10-12(2,13)9(20)15-11(21)18(10)8-4-6(16-17-14)7(5-19)23-8/h6-8,10,19H,3-5H2,1-2H3,(H,15,20,21)/t6?,7?,8?,10-,12+/m0/s1. The fourth-order valence-electron chi connectivity index (χ4n) is 2.68. The van der Waals surface area contributed by atoms with Crippen LogP contribution < -0.4 is 5.32 Å². The number of rotatable bonds is 5. The van der Waals surface area contributed by atoms with E-state index in [9.17, 15) is 14.7 Å². The molecule has 2 saturated heterocycles. The number of nitrogens with one attached hydrogen (secondary N) is 1. The van der Waals surface area contributed by atoms with Gasteiger partial charge in [0, 0.05) is 17.9 Å². The second kappa shape index (κ2) is 7.02. The van der Waals surface area contributed by atoms with E-state index in [4.69, 9.17) is 15.0 Å². The predicted octanol–water partition coefficient (Wildman–Crippen LogP) is 0.841. The van der Waals surface area contributed by atoms with Crippen LogP contribution in [0.5, 0.6) is 0 Å². The summed E-state index contributed by atoms with van der Waals surface area (Å²) in [4.78, 5) is 28.3. The first kappa shape index (κ1) is 18.0. The second-order valence-corrected chi connectivity index (χ2v) is 7.02. The lowest BCUT2D eigenvalue weighted by atomic mass is 10.0. The summed E-state index contributed by atoms with van der Waals surface area (Å²) < 4.78 is 10.0. The Bertz CT molecular complexity index is 538. The van der Waals surface area contributed by atoms with Crippen LogP contribution in [0.15, 0.2) is 5.11 Å². The minimum absolute atomic E-state index is 0.198.